The van der Waals surface area contributed by atoms with Crippen LogP contribution in [0.2, 0.25) is 0 Å². The Morgan fingerprint density at radius 1 is 1.36 bits per heavy atom. The van der Waals surface area contributed by atoms with Crippen molar-refractivity contribution in [3.05, 3.63) is 11.4 Å². The van der Waals surface area contributed by atoms with Crippen molar-refractivity contribution in [1.29, 1.82) is 0 Å². The maximum absolute atomic E-state index is 12.4. The Morgan fingerprint density at radius 2 is 1.93 bits per heavy atom. The zero-order chi connectivity index (χ0) is 10.9. The molecule has 0 aliphatic carbocycles. The van der Waals surface area contributed by atoms with Gasteiger partial charge < -0.3 is 0 Å². The van der Waals surface area contributed by atoms with Gasteiger partial charge in [-0.15, -0.1) is 5.10 Å². The van der Waals surface area contributed by atoms with E-state index in [1.54, 1.807) is 20.8 Å². The molecule has 0 saturated carbocycles. The summed E-state index contributed by atoms with van der Waals surface area (Å²) in [4.78, 5) is 0. The van der Waals surface area contributed by atoms with Gasteiger partial charge in [0.2, 0.25) is 0 Å². The van der Waals surface area contributed by atoms with Crippen molar-refractivity contribution in [2.24, 2.45) is 0 Å². The zero-order valence-corrected chi connectivity index (χ0v) is 8.26. The smallest absolute Gasteiger partial charge is 0.246 e. The minimum absolute atomic E-state index is 0.103. The van der Waals surface area contributed by atoms with E-state index in [1.165, 1.54) is 4.68 Å². The number of alkyl halides is 3. The number of halogens is 3. The molecule has 0 fully saturated rings. The lowest BCUT2D eigenvalue weighted by Crippen LogP contribution is -2.12. The van der Waals surface area contributed by atoms with Crippen LogP contribution in [0.15, 0.2) is 0 Å². The standard InChI is InChI=1S/C8H12F3N3/c1-4-6-7(8(9,10)11)12-13-14(6)5(2)3/h5H,4H2,1-3H3. The highest BCUT2D eigenvalue weighted by molar-refractivity contribution is 5.14. The summed E-state index contributed by atoms with van der Waals surface area (Å²) >= 11 is 0. The first kappa shape index (κ1) is 11.0. The minimum atomic E-state index is -4.40. The van der Waals surface area contributed by atoms with Crippen molar-refractivity contribution in [3.8, 4) is 0 Å². The molecule has 1 aromatic heterocycles. The molecule has 0 saturated heterocycles. The monoisotopic (exact) mass is 207 g/mol. The van der Waals surface area contributed by atoms with Crippen LogP contribution in [-0.4, -0.2) is 15.0 Å². The highest BCUT2D eigenvalue weighted by Crippen LogP contribution is 2.31. The highest BCUT2D eigenvalue weighted by Gasteiger charge is 2.38. The Hall–Kier alpha value is -1.07. The minimum Gasteiger partial charge on any atom is -0.246 e. The van der Waals surface area contributed by atoms with E-state index in [0.717, 1.165) is 0 Å². The molecular weight excluding hydrogens is 195 g/mol. The summed E-state index contributed by atoms with van der Waals surface area (Å²) in [7, 11) is 0. The fourth-order valence-corrected chi connectivity index (χ4v) is 1.28. The molecule has 0 N–H and O–H groups in total. The van der Waals surface area contributed by atoms with Crippen LogP contribution < -0.4 is 0 Å². The topological polar surface area (TPSA) is 30.7 Å². The maximum atomic E-state index is 12.4. The molecule has 0 bridgehead atoms. The van der Waals surface area contributed by atoms with Crippen LogP contribution in [0.5, 0.6) is 0 Å². The lowest BCUT2D eigenvalue weighted by atomic mass is 10.2. The molecule has 0 amide bonds. The Morgan fingerprint density at radius 3 is 2.29 bits per heavy atom. The summed E-state index contributed by atoms with van der Waals surface area (Å²) < 4.78 is 38.5. The lowest BCUT2D eigenvalue weighted by Gasteiger charge is -2.10. The van der Waals surface area contributed by atoms with E-state index in [0.29, 0.717) is 0 Å². The molecule has 0 unspecified atom stereocenters. The molecule has 1 aromatic rings. The second-order valence-corrected chi connectivity index (χ2v) is 3.27. The second kappa shape index (κ2) is 3.59. The first-order valence-corrected chi connectivity index (χ1v) is 4.39. The quantitative estimate of drug-likeness (QED) is 0.745. The Balaban J connectivity index is 3.21. The van der Waals surface area contributed by atoms with E-state index >= 15 is 0 Å². The van der Waals surface area contributed by atoms with Crippen molar-refractivity contribution >= 4 is 0 Å². The molecular formula is C8H12F3N3. The number of aromatic nitrogens is 3. The van der Waals surface area contributed by atoms with Gasteiger partial charge >= 0.3 is 6.18 Å². The predicted molar refractivity (Wildman–Crippen MR) is 44.8 cm³/mol. The van der Waals surface area contributed by atoms with Crippen LogP contribution >= 0.6 is 0 Å². The number of hydrogen-bond donors (Lipinski definition) is 0. The molecule has 1 heterocycles. The number of hydrogen-bond acceptors (Lipinski definition) is 2. The third-order valence-corrected chi connectivity index (χ3v) is 1.88. The van der Waals surface area contributed by atoms with Gasteiger partial charge in [0.1, 0.15) is 0 Å². The SMILES string of the molecule is CCc1c(C(F)(F)F)nnn1C(C)C. The fourth-order valence-electron chi connectivity index (χ4n) is 1.28. The summed E-state index contributed by atoms with van der Waals surface area (Å²) in [6, 6.07) is -0.103. The average molecular weight is 207 g/mol. The Bertz CT molecular complexity index is 314. The molecule has 0 radical (unpaired) electrons. The summed E-state index contributed by atoms with van der Waals surface area (Å²) in [6.45, 7) is 5.20. The average Bonchev–Trinajstić information content (AvgIpc) is 2.45. The van der Waals surface area contributed by atoms with E-state index < -0.39 is 11.9 Å². The largest absolute Gasteiger partial charge is 0.437 e. The van der Waals surface area contributed by atoms with Gasteiger partial charge in [0.15, 0.2) is 5.69 Å². The van der Waals surface area contributed by atoms with Crippen LogP contribution in [0.4, 0.5) is 13.2 Å². The Kier molecular flexibility index (Phi) is 2.82. The molecule has 0 aromatic carbocycles. The van der Waals surface area contributed by atoms with Gasteiger partial charge in [0.25, 0.3) is 0 Å². The summed E-state index contributed by atoms with van der Waals surface area (Å²) in [5, 5.41) is 6.67. The third kappa shape index (κ3) is 1.88. The van der Waals surface area contributed by atoms with Crippen molar-refractivity contribution < 1.29 is 13.2 Å². The molecule has 80 valence electrons. The van der Waals surface area contributed by atoms with E-state index in [9.17, 15) is 13.2 Å². The van der Waals surface area contributed by atoms with Crippen molar-refractivity contribution in [2.75, 3.05) is 0 Å². The van der Waals surface area contributed by atoms with Gasteiger partial charge in [0.05, 0.1) is 5.69 Å². The first-order chi connectivity index (χ1) is 6.38. The third-order valence-electron chi connectivity index (χ3n) is 1.88. The van der Waals surface area contributed by atoms with Gasteiger partial charge in [-0.25, -0.2) is 4.68 Å². The normalized spacial score (nSPS) is 12.5. The highest BCUT2D eigenvalue weighted by atomic mass is 19.4. The van der Waals surface area contributed by atoms with Crippen LogP contribution in [0.3, 0.4) is 0 Å². The van der Waals surface area contributed by atoms with Crippen LogP contribution in [-0.2, 0) is 12.6 Å². The molecule has 0 atom stereocenters. The first-order valence-electron chi connectivity index (χ1n) is 4.39. The van der Waals surface area contributed by atoms with Crippen LogP contribution in [0, 0.1) is 0 Å². The second-order valence-electron chi connectivity index (χ2n) is 3.27. The molecule has 0 aliphatic rings. The molecule has 6 heteroatoms. The van der Waals surface area contributed by atoms with E-state index in [-0.39, 0.29) is 18.2 Å². The van der Waals surface area contributed by atoms with Gasteiger partial charge in [-0.1, -0.05) is 12.1 Å². The Labute approximate surface area is 79.9 Å². The van der Waals surface area contributed by atoms with Crippen molar-refractivity contribution in [1.82, 2.24) is 15.0 Å². The molecule has 3 nitrogen and oxygen atoms in total. The van der Waals surface area contributed by atoms with E-state index in [2.05, 4.69) is 10.3 Å². The van der Waals surface area contributed by atoms with Gasteiger partial charge in [-0.3, -0.25) is 0 Å². The van der Waals surface area contributed by atoms with Crippen molar-refractivity contribution in [2.45, 2.75) is 39.4 Å². The van der Waals surface area contributed by atoms with Crippen LogP contribution in [0.25, 0.3) is 0 Å². The van der Waals surface area contributed by atoms with Gasteiger partial charge in [0, 0.05) is 6.04 Å². The molecule has 14 heavy (non-hydrogen) atoms. The molecule has 0 spiro atoms. The summed E-state index contributed by atoms with van der Waals surface area (Å²) in [5.74, 6) is 0. The number of rotatable bonds is 2. The van der Waals surface area contributed by atoms with Gasteiger partial charge in [-0.05, 0) is 20.3 Å². The van der Waals surface area contributed by atoms with Crippen molar-refractivity contribution in [3.63, 3.8) is 0 Å². The molecule has 1 rings (SSSR count). The summed E-state index contributed by atoms with van der Waals surface area (Å²) in [5.41, 5.74) is -0.721. The van der Waals surface area contributed by atoms with E-state index in [1.807, 2.05) is 0 Å². The number of nitrogens with zero attached hydrogens (tertiary/aromatic N) is 3. The summed E-state index contributed by atoms with van der Waals surface area (Å²) in [6.07, 6.45) is -4.13. The molecule has 0 aliphatic heterocycles. The van der Waals surface area contributed by atoms with Crippen LogP contribution in [0.1, 0.15) is 38.2 Å². The maximum Gasteiger partial charge on any atom is 0.437 e. The lowest BCUT2D eigenvalue weighted by molar-refractivity contribution is -0.141. The van der Waals surface area contributed by atoms with Gasteiger partial charge in [-0.2, -0.15) is 13.2 Å². The fraction of sp³-hybridized carbons (Fsp3) is 0.750. The van der Waals surface area contributed by atoms with E-state index in [4.69, 9.17) is 0 Å². The zero-order valence-electron chi connectivity index (χ0n) is 8.26. The predicted octanol–water partition coefficient (Wildman–Crippen LogP) is 2.44.